The van der Waals surface area contributed by atoms with Crippen LogP contribution in [0.3, 0.4) is 0 Å². The Hall–Kier alpha value is -2.28. The summed E-state index contributed by atoms with van der Waals surface area (Å²) < 4.78 is 7.71. The third-order valence-electron chi connectivity index (χ3n) is 5.54. The van der Waals surface area contributed by atoms with E-state index in [0.29, 0.717) is 17.3 Å². The smallest absolute Gasteiger partial charge is 0.233 e. The zero-order valence-corrected chi connectivity index (χ0v) is 18.0. The number of hydrogen-bond acceptors (Lipinski definition) is 4. The second-order valence-electron chi connectivity index (χ2n) is 7.56. The summed E-state index contributed by atoms with van der Waals surface area (Å²) >= 11 is 7.77. The van der Waals surface area contributed by atoms with Crippen LogP contribution in [-0.2, 0) is 9.53 Å². The van der Waals surface area contributed by atoms with Gasteiger partial charge in [-0.1, -0.05) is 41.9 Å². The fourth-order valence-electron chi connectivity index (χ4n) is 4.03. The highest BCUT2D eigenvalue weighted by Gasteiger charge is 2.37. The lowest BCUT2D eigenvalue weighted by Gasteiger charge is -2.26. The van der Waals surface area contributed by atoms with Gasteiger partial charge in [0.05, 0.1) is 23.2 Å². The molecule has 2 saturated heterocycles. The maximum absolute atomic E-state index is 12.7. The lowest BCUT2D eigenvalue weighted by molar-refractivity contribution is -0.129. The molecule has 154 valence electrons. The van der Waals surface area contributed by atoms with Crippen molar-refractivity contribution in [2.24, 2.45) is 0 Å². The predicted molar refractivity (Wildman–Crippen MR) is 120 cm³/mol. The van der Waals surface area contributed by atoms with Crippen molar-refractivity contribution in [3.63, 3.8) is 0 Å². The van der Waals surface area contributed by atoms with Gasteiger partial charge in [0, 0.05) is 35.5 Å². The van der Waals surface area contributed by atoms with E-state index < -0.39 is 0 Å². The number of halogens is 1. The Balaban J connectivity index is 1.56. The van der Waals surface area contributed by atoms with Gasteiger partial charge in [-0.2, -0.15) is 5.10 Å². The first-order chi connectivity index (χ1) is 14.7. The Morgan fingerprint density at radius 3 is 2.67 bits per heavy atom. The van der Waals surface area contributed by atoms with Crippen LogP contribution in [0, 0.1) is 0 Å². The van der Waals surface area contributed by atoms with Crippen LogP contribution in [-0.4, -0.2) is 45.6 Å². The van der Waals surface area contributed by atoms with Gasteiger partial charge in [-0.25, -0.2) is 4.68 Å². The van der Waals surface area contributed by atoms with Gasteiger partial charge >= 0.3 is 0 Å². The Kier molecular flexibility index (Phi) is 5.54. The van der Waals surface area contributed by atoms with E-state index in [1.807, 2.05) is 64.2 Å². The third-order valence-corrected chi connectivity index (χ3v) is 7.03. The topological polar surface area (TPSA) is 47.4 Å². The number of rotatable bonds is 5. The zero-order chi connectivity index (χ0) is 20.5. The molecular formula is C23H22ClN3O2S. The molecule has 2 aromatic carbocycles. The predicted octanol–water partition coefficient (Wildman–Crippen LogP) is 4.95. The van der Waals surface area contributed by atoms with Crippen LogP contribution in [0.15, 0.2) is 60.8 Å². The first-order valence-corrected chi connectivity index (χ1v) is 11.6. The average Bonchev–Trinajstić information content (AvgIpc) is 3.51. The molecule has 5 rings (SSSR count). The SMILES string of the molecule is O=C1CS[C@H](c2cn(-c3ccccc3)nc2-c2ccc(Cl)cc2)N1C[C@@H]1CCCO1. The number of para-hydroxylation sites is 1. The molecule has 2 aliphatic heterocycles. The van der Waals surface area contributed by atoms with Crippen LogP contribution in [0.1, 0.15) is 23.8 Å². The van der Waals surface area contributed by atoms with Gasteiger partial charge in [-0.05, 0) is 37.1 Å². The first-order valence-electron chi connectivity index (χ1n) is 10.1. The number of ether oxygens (including phenoxy) is 1. The largest absolute Gasteiger partial charge is 0.376 e. The summed E-state index contributed by atoms with van der Waals surface area (Å²) in [6.07, 6.45) is 4.25. The molecule has 0 spiro atoms. The monoisotopic (exact) mass is 439 g/mol. The highest BCUT2D eigenvalue weighted by molar-refractivity contribution is 8.00. The van der Waals surface area contributed by atoms with E-state index in [1.54, 1.807) is 11.8 Å². The van der Waals surface area contributed by atoms with Gasteiger partial charge in [-0.15, -0.1) is 11.8 Å². The average molecular weight is 440 g/mol. The number of carbonyl (C=O) groups is 1. The van der Waals surface area contributed by atoms with E-state index >= 15 is 0 Å². The molecule has 0 unspecified atom stereocenters. The van der Waals surface area contributed by atoms with Crippen molar-refractivity contribution in [1.82, 2.24) is 14.7 Å². The normalized spacial score (nSPS) is 21.5. The van der Waals surface area contributed by atoms with Gasteiger partial charge in [0.25, 0.3) is 0 Å². The third kappa shape index (κ3) is 3.87. The van der Waals surface area contributed by atoms with E-state index in [9.17, 15) is 4.79 Å². The van der Waals surface area contributed by atoms with Crippen LogP contribution >= 0.6 is 23.4 Å². The summed E-state index contributed by atoms with van der Waals surface area (Å²) in [4.78, 5) is 14.7. The van der Waals surface area contributed by atoms with E-state index in [-0.39, 0.29) is 17.4 Å². The highest BCUT2D eigenvalue weighted by atomic mass is 35.5. The van der Waals surface area contributed by atoms with Crippen molar-refractivity contribution in [2.45, 2.75) is 24.3 Å². The van der Waals surface area contributed by atoms with Crippen LogP contribution in [0.2, 0.25) is 5.02 Å². The quantitative estimate of drug-likeness (QED) is 0.564. The molecule has 1 aromatic heterocycles. The van der Waals surface area contributed by atoms with Crippen LogP contribution in [0.5, 0.6) is 0 Å². The Labute approximate surface area is 185 Å². The molecule has 3 aromatic rings. The van der Waals surface area contributed by atoms with Gasteiger partial charge in [-0.3, -0.25) is 4.79 Å². The second-order valence-corrected chi connectivity index (χ2v) is 9.07. The Morgan fingerprint density at radius 1 is 1.13 bits per heavy atom. The minimum Gasteiger partial charge on any atom is -0.376 e. The number of amides is 1. The summed E-state index contributed by atoms with van der Waals surface area (Å²) in [6, 6.07) is 17.7. The lowest BCUT2D eigenvalue weighted by Crippen LogP contribution is -2.35. The number of nitrogens with zero attached hydrogens (tertiary/aromatic N) is 3. The van der Waals surface area contributed by atoms with Crippen molar-refractivity contribution in [2.75, 3.05) is 18.9 Å². The fraction of sp³-hybridized carbons (Fsp3) is 0.304. The molecule has 0 bridgehead atoms. The van der Waals surface area contributed by atoms with E-state index in [4.69, 9.17) is 21.4 Å². The lowest BCUT2D eigenvalue weighted by atomic mass is 10.1. The zero-order valence-electron chi connectivity index (χ0n) is 16.4. The van der Waals surface area contributed by atoms with Gasteiger partial charge in [0.15, 0.2) is 0 Å². The van der Waals surface area contributed by atoms with Crippen molar-refractivity contribution < 1.29 is 9.53 Å². The second kappa shape index (κ2) is 8.46. The van der Waals surface area contributed by atoms with Crippen molar-refractivity contribution in [3.8, 4) is 16.9 Å². The van der Waals surface area contributed by atoms with Crippen molar-refractivity contribution in [3.05, 3.63) is 71.4 Å². The molecule has 2 aliphatic rings. The summed E-state index contributed by atoms with van der Waals surface area (Å²) in [5, 5.41) is 5.52. The fourth-order valence-corrected chi connectivity index (χ4v) is 5.36. The summed E-state index contributed by atoms with van der Waals surface area (Å²) in [6.45, 7) is 1.42. The molecule has 2 atom stereocenters. The number of aromatic nitrogens is 2. The molecule has 0 radical (unpaired) electrons. The molecule has 1 amide bonds. The molecule has 0 saturated carbocycles. The van der Waals surface area contributed by atoms with Crippen LogP contribution < -0.4 is 0 Å². The minimum absolute atomic E-state index is 0.0789. The van der Waals surface area contributed by atoms with Crippen LogP contribution in [0.4, 0.5) is 0 Å². The Morgan fingerprint density at radius 2 is 1.93 bits per heavy atom. The van der Waals surface area contributed by atoms with E-state index in [0.717, 1.165) is 42.0 Å². The summed E-state index contributed by atoms with van der Waals surface area (Å²) in [5.41, 5.74) is 3.88. The molecule has 30 heavy (non-hydrogen) atoms. The van der Waals surface area contributed by atoms with Crippen molar-refractivity contribution >= 4 is 29.3 Å². The Bertz CT molecular complexity index is 1030. The summed E-state index contributed by atoms with van der Waals surface area (Å²) in [5.74, 6) is 0.642. The number of benzene rings is 2. The summed E-state index contributed by atoms with van der Waals surface area (Å²) in [7, 11) is 0. The van der Waals surface area contributed by atoms with E-state index in [1.165, 1.54) is 0 Å². The minimum atomic E-state index is -0.0789. The molecule has 5 nitrogen and oxygen atoms in total. The van der Waals surface area contributed by atoms with Gasteiger partial charge in [0.2, 0.25) is 5.91 Å². The molecular weight excluding hydrogens is 418 g/mol. The highest BCUT2D eigenvalue weighted by Crippen LogP contribution is 2.43. The standard InChI is InChI=1S/C23H22ClN3O2S/c24-17-10-8-16(9-11-17)22-20(14-27(25-22)18-5-2-1-3-6-18)23-26(21(28)15-30-23)13-19-7-4-12-29-19/h1-3,5-6,8-11,14,19,23H,4,7,12-13,15H2/t19-,23+/m0/s1. The molecule has 3 heterocycles. The molecule has 7 heteroatoms. The molecule has 0 N–H and O–H groups in total. The van der Waals surface area contributed by atoms with Gasteiger partial charge in [0.1, 0.15) is 5.37 Å². The van der Waals surface area contributed by atoms with Gasteiger partial charge < -0.3 is 9.64 Å². The number of hydrogen-bond donors (Lipinski definition) is 0. The number of thioether (sulfide) groups is 1. The molecule has 0 aliphatic carbocycles. The van der Waals surface area contributed by atoms with E-state index in [2.05, 4.69) is 6.20 Å². The van der Waals surface area contributed by atoms with Crippen molar-refractivity contribution in [1.29, 1.82) is 0 Å². The number of carbonyl (C=O) groups excluding carboxylic acids is 1. The first kappa shape index (κ1) is 19.7. The van der Waals surface area contributed by atoms with Crippen LogP contribution in [0.25, 0.3) is 16.9 Å². The molecule has 2 fully saturated rings. The maximum atomic E-state index is 12.7. The maximum Gasteiger partial charge on any atom is 0.233 e.